The maximum atomic E-state index is 11.3. The first-order valence-electron chi connectivity index (χ1n) is 5.33. The van der Waals surface area contributed by atoms with Gasteiger partial charge in [-0.1, -0.05) is 20.3 Å². The molecule has 0 bridgehead atoms. The van der Waals surface area contributed by atoms with E-state index in [1.54, 1.807) is 6.92 Å². The Kier molecular flexibility index (Phi) is 3.53. The first-order chi connectivity index (χ1) is 6.49. The van der Waals surface area contributed by atoms with Crippen LogP contribution in [-0.2, 0) is 9.53 Å². The van der Waals surface area contributed by atoms with Crippen LogP contribution in [0, 0.1) is 11.3 Å². The quantitative estimate of drug-likeness (QED) is 0.706. The molecule has 3 nitrogen and oxygen atoms in total. The predicted octanol–water partition coefficient (Wildman–Crippen LogP) is 1.74. The summed E-state index contributed by atoms with van der Waals surface area (Å²) in [7, 11) is 0. The highest BCUT2D eigenvalue weighted by Gasteiger charge is 2.42. The lowest BCUT2D eigenvalue weighted by Gasteiger charge is -2.29. The molecule has 0 amide bonds. The predicted molar refractivity (Wildman–Crippen MR) is 53.8 cm³/mol. The van der Waals surface area contributed by atoms with Crippen LogP contribution in [0.2, 0.25) is 0 Å². The molecule has 1 fully saturated rings. The zero-order valence-electron chi connectivity index (χ0n) is 9.25. The second kappa shape index (κ2) is 4.30. The largest absolute Gasteiger partial charge is 0.464 e. The molecule has 14 heavy (non-hydrogen) atoms. The average molecular weight is 200 g/mol. The molecule has 0 aromatic rings. The van der Waals surface area contributed by atoms with Gasteiger partial charge in [-0.2, -0.15) is 0 Å². The summed E-state index contributed by atoms with van der Waals surface area (Å²) in [6, 6.07) is 0. The molecule has 1 aliphatic carbocycles. The fourth-order valence-electron chi connectivity index (χ4n) is 2.33. The molecule has 0 heterocycles. The van der Waals surface area contributed by atoms with Crippen molar-refractivity contribution in [3.63, 3.8) is 0 Å². The highest BCUT2D eigenvalue weighted by molar-refractivity contribution is 5.74. The smallest absolute Gasteiger partial charge is 0.335 e. The third-order valence-electron chi connectivity index (χ3n) is 3.25. The molecule has 1 rings (SSSR count). The Morgan fingerprint density at radius 3 is 2.71 bits per heavy atom. The minimum atomic E-state index is -0.938. The van der Waals surface area contributed by atoms with Crippen LogP contribution in [-0.4, -0.2) is 23.8 Å². The number of hydrogen-bond donors (Lipinski definition) is 1. The Morgan fingerprint density at radius 1 is 1.64 bits per heavy atom. The number of hydrogen-bond acceptors (Lipinski definition) is 3. The lowest BCUT2D eigenvalue weighted by atomic mass is 9.78. The molecule has 1 aliphatic rings. The number of aliphatic hydroxyl groups excluding tert-OH is 1. The highest BCUT2D eigenvalue weighted by atomic mass is 16.5. The Labute approximate surface area is 85.5 Å². The Balaban J connectivity index is 2.60. The summed E-state index contributed by atoms with van der Waals surface area (Å²) in [5, 5.41) is 9.81. The number of ether oxygens (including phenoxy) is 1. The molecule has 3 heteroatoms. The van der Waals surface area contributed by atoms with Crippen LogP contribution in [0.15, 0.2) is 0 Å². The SMILES string of the molecule is CCOC(=O)C(O)C1CCCC1(C)C. The molecule has 0 aromatic heterocycles. The van der Waals surface area contributed by atoms with Crippen LogP contribution in [0.3, 0.4) is 0 Å². The molecular formula is C11H20O3. The van der Waals surface area contributed by atoms with Gasteiger partial charge in [0.2, 0.25) is 0 Å². The van der Waals surface area contributed by atoms with Crippen molar-refractivity contribution in [1.82, 2.24) is 0 Å². The van der Waals surface area contributed by atoms with E-state index in [1.807, 2.05) is 0 Å². The highest BCUT2D eigenvalue weighted by Crippen LogP contribution is 2.44. The lowest BCUT2D eigenvalue weighted by Crippen LogP contribution is -2.36. The standard InChI is InChI=1S/C11H20O3/c1-4-14-10(13)9(12)8-6-5-7-11(8,2)3/h8-9,12H,4-7H2,1-3H3. The summed E-state index contributed by atoms with van der Waals surface area (Å²) < 4.78 is 4.82. The van der Waals surface area contributed by atoms with Crippen molar-refractivity contribution in [3.05, 3.63) is 0 Å². The molecule has 1 saturated carbocycles. The second-order valence-electron chi connectivity index (χ2n) is 4.68. The molecular weight excluding hydrogens is 180 g/mol. The Bertz CT molecular complexity index is 211. The fraction of sp³-hybridized carbons (Fsp3) is 0.909. The van der Waals surface area contributed by atoms with Gasteiger partial charge in [0.05, 0.1) is 6.61 Å². The molecule has 2 unspecified atom stereocenters. The summed E-state index contributed by atoms with van der Waals surface area (Å²) in [6.07, 6.45) is 2.15. The monoisotopic (exact) mass is 200 g/mol. The van der Waals surface area contributed by atoms with Gasteiger partial charge in [-0.25, -0.2) is 4.79 Å². The molecule has 2 atom stereocenters. The molecule has 0 aromatic carbocycles. The summed E-state index contributed by atoms with van der Waals surface area (Å²) in [5.74, 6) is -0.408. The van der Waals surface area contributed by atoms with E-state index in [-0.39, 0.29) is 11.3 Å². The van der Waals surface area contributed by atoms with Gasteiger partial charge >= 0.3 is 5.97 Å². The Hall–Kier alpha value is -0.570. The molecule has 0 saturated heterocycles. The summed E-state index contributed by atoms with van der Waals surface area (Å²) in [4.78, 5) is 11.3. The van der Waals surface area contributed by atoms with Crippen molar-refractivity contribution in [3.8, 4) is 0 Å². The number of carbonyl (C=O) groups is 1. The number of carbonyl (C=O) groups excluding carboxylic acids is 1. The Morgan fingerprint density at radius 2 is 2.29 bits per heavy atom. The maximum Gasteiger partial charge on any atom is 0.335 e. The van der Waals surface area contributed by atoms with Crippen LogP contribution in [0.4, 0.5) is 0 Å². The molecule has 0 aliphatic heterocycles. The van der Waals surface area contributed by atoms with Crippen molar-refractivity contribution in [2.45, 2.75) is 46.1 Å². The second-order valence-corrected chi connectivity index (χ2v) is 4.68. The van der Waals surface area contributed by atoms with Crippen LogP contribution in [0.5, 0.6) is 0 Å². The van der Waals surface area contributed by atoms with Crippen molar-refractivity contribution in [1.29, 1.82) is 0 Å². The van der Waals surface area contributed by atoms with Gasteiger partial charge in [-0.05, 0) is 25.2 Å². The normalized spacial score (nSPS) is 27.3. The van der Waals surface area contributed by atoms with E-state index in [0.29, 0.717) is 6.61 Å². The van der Waals surface area contributed by atoms with E-state index in [0.717, 1.165) is 19.3 Å². The average Bonchev–Trinajstić information content (AvgIpc) is 2.44. The van der Waals surface area contributed by atoms with Crippen molar-refractivity contribution in [2.24, 2.45) is 11.3 Å². The molecule has 0 radical (unpaired) electrons. The summed E-state index contributed by atoms with van der Waals surface area (Å²) in [6.45, 7) is 6.30. The van der Waals surface area contributed by atoms with Gasteiger partial charge in [0, 0.05) is 5.92 Å². The van der Waals surface area contributed by atoms with Gasteiger partial charge in [0.15, 0.2) is 6.10 Å². The number of rotatable bonds is 3. The summed E-state index contributed by atoms with van der Waals surface area (Å²) in [5.41, 5.74) is 0.0617. The topological polar surface area (TPSA) is 46.5 Å². The number of esters is 1. The third-order valence-corrected chi connectivity index (χ3v) is 3.25. The van der Waals surface area contributed by atoms with E-state index < -0.39 is 12.1 Å². The maximum absolute atomic E-state index is 11.3. The van der Waals surface area contributed by atoms with Crippen LogP contribution in [0.1, 0.15) is 40.0 Å². The van der Waals surface area contributed by atoms with E-state index in [4.69, 9.17) is 4.74 Å². The fourth-order valence-corrected chi connectivity index (χ4v) is 2.33. The van der Waals surface area contributed by atoms with Crippen LogP contribution >= 0.6 is 0 Å². The van der Waals surface area contributed by atoms with Gasteiger partial charge in [0.25, 0.3) is 0 Å². The molecule has 1 N–H and O–H groups in total. The van der Waals surface area contributed by atoms with E-state index >= 15 is 0 Å². The zero-order chi connectivity index (χ0) is 10.8. The third kappa shape index (κ3) is 2.27. The molecule has 0 spiro atoms. The van der Waals surface area contributed by atoms with E-state index in [9.17, 15) is 9.90 Å². The van der Waals surface area contributed by atoms with Gasteiger partial charge < -0.3 is 9.84 Å². The first-order valence-corrected chi connectivity index (χ1v) is 5.33. The lowest BCUT2D eigenvalue weighted by molar-refractivity contribution is -0.158. The van der Waals surface area contributed by atoms with Crippen LogP contribution < -0.4 is 0 Å². The van der Waals surface area contributed by atoms with E-state index in [1.165, 1.54) is 0 Å². The van der Waals surface area contributed by atoms with Crippen LogP contribution in [0.25, 0.3) is 0 Å². The van der Waals surface area contributed by atoms with Crippen molar-refractivity contribution in [2.75, 3.05) is 6.61 Å². The zero-order valence-corrected chi connectivity index (χ0v) is 9.25. The van der Waals surface area contributed by atoms with Crippen molar-refractivity contribution >= 4 is 5.97 Å². The molecule has 82 valence electrons. The van der Waals surface area contributed by atoms with Gasteiger partial charge in [-0.3, -0.25) is 0 Å². The van der Waals surface area contributed by atoms with E-state index in [2.05, 4.69) is 13.8 Å². The van der Waals surface area contributed by atoms with Gasteiger partial charge in [-0.15, -0.1) is 0 Å². The first kappa shape index (κ1) is 11.5. The minimum absolute atomic E-state index is 0.0570. The minimum Gasteiger partial charge on any atom is -0.464 e. The van der Waals surface area contributed by atoms with Crippen molar-refractivity contribution < 1.29 is 14.6 Å². The summed E-state index contributed by atoms with van der Waals surface area (Å²) >= 11 is 0. The van der Waals surface area contributed by atoms with Gasteiger partial charge in [0.1, 0.15) is 0 Å². The number of aliphatic hydroxyl groups is 1.